The summed E-state index contributed by atoms with van der Waals surface area (Å²) in [5.41, 5.74) is 0.984. The lowest BCUT2D eigenvalue weighted by molar-refractivity contribution is 0.601. The van der Waals surface area contributed by atoms with Crippen LogP contribution < -0.4 is 10.0 Å². The number of nitrogens with one attached hydrogen (secondary N) is 2. The number of halogens is 2. The Morgan fingerprint density at radius 3 is 2.62 bits per heavy atom. The molecule has 8 heteroatoms. The van der Waals surface area contributed by atoms with Crippen molar-refractivity contribution in [3.05, 3.63) is 45.6 Å². The van der Waals surface area contributed by atoms with Crippen molar-refractivity contribution in [3.63, 3.8) is 0 Å². The van der Waals surface area contributed by atoms with E-state index in [-0.39, 0.29) is 4.90 Å². The van der Waals surface area contributed by atoms with Crippen molar-refractivity contribution in [2.45, 2.75) is 11.8 Å². The Hall–Kier alpha value is -1.12. The fourth-order valence-electron chi connectivity index (χ4n) is 1.70. The molecule has 1 heterocycles. The van der Waals surface area contributed by atoms with Crippen molar-refractivity contribution in [1.29, 1.82) is 0 Å². The molecule has 0 atom stereocenters. The van der Waals surface area contributed by atoms with Crippen LogP contribution in [0.15, 0.2) is 50.5 Å². The molecule has 0 amide bonds. The van der Waals surface area contributed by atoms with E-state index in [1.807, 2.05) is 6.92 Å². The van der Waals surface area contributed by atoms with Gasteiger partial charge in [0.25, 0.3) is 10.0 Å². The molecule has 2 aromatic rings. The molecule has 0 spiro atoms. The minimum atomic E-state index is -3.72. The summed E-state index contributed by atoms with van der Waals surface area (Å²) in [5.74, 6) is 0. The second-order valence-corrected chi connectivity index (χ2v) is 7.55. The standard InChI is InChI=1S/C13H13Br2N3O2S/c1-2-17-12-5-6-16-8-13(12)21(19,20)18-11-4-3-9(14)7-10(11)15/h3-8,18H,2H2,1H3,(H,16,17). The number of anilines is 2. The zero-order chi connectivity index (χ0) is 15.5. The monoisotopic (exact) mass is 433 g/mol. The molecular formula is C13H13Br2N3O2S. The van der Waals surface area contributed by atoms with Crippen LogP contribution in [0.4, 0.5) is 11.4 Å². The highest BCUT2D eigenvalue weighted by atomic mass is 79.9. The topological polar surface area (TPSA) is 71.1 Å². The molecule has 0 aliphatic rings. The Bertz CT molecular complexity index is 751. The molecule has 0 aliphatic heterocycles. The van der Waals surface area contributed by atoms with Gasteiger partial charge in [-0.05, 0) is 47.1 Å². The Morgan fingerprint density at radius 1 is 1.19 bits per heavy atom. The maximum absolute atomic E-state index is 12.5. The number of hydrogen-bond donors (Lipinski definition) is 2. The molecule has 0 aliphatic carbocycles. The average molecular weight is 435 g/mol. The molecular weight excluding hydrogens is 422 g/mol. The van der Waals surface area contributed by atoms with Crippen molar-refractivity contribution in [3.8, 4) is 0 Å². The first kappa shape index (κ1) is 16.3. The smallest absolute Gasteiger partial charge is 0.265 e. The number of nitrogens with zero attached hydrogens (tertiary/aromatic N) is 1. The van der Waals surface area contributed by atoms with Crippen LogP contribution in [-0.2, 0) is 10.0 Å². The summed E-state index contributed by atoms with van der Waals surface area (Å²) in [5, 5.41) is 3.01. The molecule has 112 valence electrons. The van der Waals surface area contributed by atoms with Gasteiger partial charge in [0.1, 0.15) is 4.90 Å². The van der Waals surface area contributed by atoms with Crippen LogP contribution in [0.3, 0.4) is 0 Å². The van der Waals surface area contributed by atoms with Gasteiger partial charge in [-0.2, -0.15) is 0 Å². The molecule has 21 heavy (non-hydrogen) atoms. The van der Waals surface area contributed by atoms with E-state index in [2.05, 4.69) is 46.9 Å². The van der Waals surface area contributed by atoms with Gasteiger partial charge < -0.3 is 5.32 Å². The summed E-state index contributed by atoms with van der Waals surface area (Å²) in [6, 6.07) is 6.84. The lowest BCUT2D eigenvalue weighted by Gasteiger charge is -2.13. The van der Waals surface area contributed by atoms with Gasteiger partial charge in [-0.25, -0.2) is 8.42 Å². The fraction of sp³-hybridized carbons (Fsp3) is 0.154. The van der Waals surface area contributed by atoms with Crippen LogP contribution >= 0.6 is 31.9 Å². The highest BCUT2D eigenvalue weighted by Gasteiger charge is 2.19. The lowest BCUT2D eigenvalue weighted by atomic mass is 10.3. The van der Waals surface area contributed by atoms with E-state index in [9.17, 15) is 8.42 Å². The molecule has 1 aromatic carbocycles. The van der Waals surface area contributed by atoms with E-state index in [4.69, 9.17) is 0 Å². The number of sulfonamides is 1. The minimum Gasteiger partial charge on any atom is -0.384 e. The molecule has 2 rings (SSSR count). The summed E-state index contributed by atoms with van der Waals surface area (Å²) in [7, 11) is -3.72. The summed E-state index contributed by atoms with van der Waals surface area (Å²) in [4.78, 5) is 4.01. The molecule has 0 fully saturated rings. The Balaban J connectivity index is 2.39. The van der Waals surface area contributed by atoms with Crippen LogP contribution in [-0.4, -0.2) is 19.9 Å². The molecule has 2 N–H and O–H groups in total. The van der Waals surface area contributed by atoms with Gasteiger partial charge in [0.2, 0.25) is 0 Å². The summed E-state index contributed by atoms with van der Waals surface area (Å²) < 4.78 is 29.1. The van der Waals surface area contributed by atoms with Crippen LogP contribution in [0.5, 0.6) is 0 Å². The zero-order valence-electron chi connectivity index (χ0n) is 11.1. The highest BCUT2D eigenvalue weighted by molar-refractivity contribution is 9.11. The quantitative estimate of drug-likeness (QED) is 0.749. The minimum absolute atomic E-state index is 0.113. The summed E-state index contributed by atoms with van der Waals surface area (Å²) in [6.45, 7) is 2.52. The van der Waals surface area contributed by atoms with Crippen molar-refractivity contribution >= 4 is 53.3 Å². The van der Waals surface area contributed by atoms with E-state index in [0.29, 0.717) is 22.4 Å². The Kier molecular flexibility index (Phi) is 5.23. The van der Waals surface area contributed by atoms with Gasteiger partial charge >= 0.3 is 0 Å². The van der Waals surface area contributed by atoms with Crippen LogP contribution in [0, 0.1) is 0 Å². The number of benzene rings is 1. The van der Waals surface area contributed by atoms with E-state index >= 15 is 0 Å². The van der Waals surface area contributed by atoms with Gasteiger partial charge in [0, 0.05) is 27.9 Å². The SMILES string of the molecule is CCNc1ccncc1S(=O)(=O)Nc1ccc(Br)cc1Br. The summed E-state index contributed by atoms with van der Waals surface area (Å²) in [6.07, 6.45) is 2.87. The number of pyridine rings is 1. The summed E-state index contributed by atoms with van der Waals surface area (Å²) >= 11 is 6.66. The van der Waals surface area contributed by atoms with Gasteiger partial charge in [-0.1, -0.05) is 15.9 Å². The van der Waals surface area contributed by atoms with Crippen LogP contribution in [0.1, 0.15) is 6.92 Å². The zero-order valence-corrected chi connectivity index (χ0v) is 15.1. The number of aromatic nitrogens is 1. The average Bonchev–Trinajstić information content (AvgIpc) is 2.43. The van der Waals surface area contributed by atoms with Crippen molar-refractivity contribution in [1.82, 2.24) is 4.98 Å². The third-order valence-corrected chi connectivity index (χ3v) is 5.16. The van der Waals surface area contributed by atoms with Crippen molar-refractivity contribution in [2.24, 2.45) is 0 Å². The van der Waals surface area contributed by atoms with E-state index < -0.39 is 10.0 Å². The third kappa shape index (κ3) is 3.96. The number of hydrogen-bond acceptors (Lipinski definition) is 4. The van der Waals surface area contributed by atoms with Crippen molar-refractivity contribution < 1.29 is 8.42 Å². The van der Waals surface area contributed by atoms with E-state index in [1.54, 1.807) is 30.5 Å². The first-order valence-corrected chi connectivity index (χ1v) is 9.16. The fourth-order valence-corrected chi connectivity index (χ4v) is 4.19. The molecule has 0 unspecified atom stereocenters. The van der Waals surface area contributed by atoms with Gasteiger partial charge in [0.05, 0.1) is 11.4 Å². The second-order valence-electron chi connectivity index (χ2n) is 4.13. The molecule has 1 aromatic heterocycles. The van der Waals surface area contributed by atoms with Gasteiger partial charge in [-0.3, -0.25) is 9.71 Å². The Morgan fingerprint density at radius 2 is 1.95 bits per heavy atom. The number of rotatable bonds is 5. The highest BCUT2D eigenvalue weighted by Crippen LogP contribution is 2.29. The maximum atomic E-state index is 12.5. The molecule has 0 saturated heterocycles. The molecule has 0 radical (unpaired) electrons. The first-order valence-electron chi connectivity index (χ1n) is 6.10. The largest absolute Gasteiger partial charge is 0.384 e. The van der Waals surface area contributed by atoms with Gasteiger partial charge in [0.15, 0.2) is 0 Å². The first-order chi connectivity index (χ1) is 9.94. The normalized spacial score (nSPS) is 11.2. The van der Waals surface area contributed by atoms with Gasteiger partial charge in [-0.15, -0.1) is 0 Å². The Labute approximate surface area is 140 Å². The lowest BCUT2D eigenvalue weighted by Crippen LogP contribution is -2.16. The maximum Gasteiger partial charge on any atom is 0.265 e. The van der Waals surface area contributed by atoms with Crippen LogP contribution in [0.2, 0.25) is 0 Å². The van der Waals surface area contributed by atoms with E-state index in [1.165, 1.54) is 6.20 Å². The third-order valence-electron chi connectivity index (χ3n) is 2.62. The second kappa shape index (κ2) is 6.76. The molecule has 0 bridgehead atoms. The van der Waals surface area contributed by atoms with Crippen LogP contribution in [0.25, 0.3) is 0 Å². The van der Waals surface area contributed by atoms with E-state index in [0.717, 1.165) is 4.47 Å². The predicted octanol–water partition coefficient (Wildman–Crippen LogP) is 3.84. The van der Waals surface area contributed by atoms with Crippen molar-refractivity contribution in [2.75, 3.05) is 16.6 Å². The molecule has 0 saturated carbocycles. The predicted molar refractivity (Wildman–Crippen MR) is 91.1 cm³/mol. The molecule has 5 nitrogen and oxygen atoms in total.